The van der Waals surface area contributed by atoms with Crippen LogP contribution in [-0.4, -0.2) is 22.6 Å². The number of carbonyl (C=O) groups excluding carboxylic acids is 1. The molecule has 4 fully saturated rings. The van der Waals surface area contributed by atoms with E-state index in [1.807, 2.05) is 6.92 Å². The number of carboxylic acids is 1. The summed E-state index contributed by atoms with van der Waals surface area (Å²) in [6.45, 7) is 10.5. The van der Waals surface area contributed by atoms with Crippen LogP contribution in [0.15, 0.2) is 12.2 Å². The standard InChI is InChI=1S/C21H30O4/c1-13-16(22)25-18(2)10-6-15-19(3)8-5-9-20(4,17(23)24)14(19)7-11-21(13,15)12-18/h14-15H,1,5-12H2,2-4H3,(H,23,24)/t14-,15-,18-,19+,20+,21+/m0/s1. The Hall–Kier alpha value is -1.32. The van der Waals surface area contributed by atoms with Gasteiger partial charge in [-0.2, -0.15) is 0 Å². The van der Waals surface area contributed by atoms with Crippen molar-refractivity contribution in [2.75, 3.05) is 0 Å². The summed E-state index contributed by atoms with van der Waals surface area (Å²) >= 11 is 0. The minimum absolute atomic E-state index is 0.0362. The van der Waals surface area contributed by atoms with Gasteiger partial charge in [0.1, 0.15) is 5.60 Å². The molecule has 4 heteroatoms. The highest BCUT2D eigenvalue weighted by Crippen LogP contribution is 2.71. The summed E-state index contributed by atoms with van der Waals surface area (Å²) in [6.07, 6.45) is 7.28. The minimum Gasteiger partial charge on any atom is -0.481 e. The van der Waals surface area contributed by atoms with Gasteiger partial charge in [0, 0.05) is 11.0 Å². The van der Waals surface area contributed by atoms with Crippen LogP contribution < -0.4 is 0 Å². The number of rotatable bonds is 1. The van der Waals surface area contributed by atoms with E-state index in [2.05, 4.69) is 20.4 Å². The zero-order valence-electron chi connectivity index (χ0n) is 15.7. The van der Waals surface area contributed by atoms with Crippen LogP contribution in [0.4, 0.5) is 0 Å². The Labute approximate surface area is 150 Å². The fourth-order valence-electron chi connectivity index (χ4n) is 7.51. The first-order chi connectivity index (χ1) is 11.6. The van der Waals surface area contributed by atoms with Crippen molar-refractivity contribution in [3.63, 3.8) is 0 Å². The Morgan fingerprint density at radius 2 is 1.80 bits per heavy atom. The van der Waals surface area contributed by atoms with Crippen molar-refractivity contribution in [3.8, 4) is 0 Å². The van der Waals surface area contributed by atoms with Crippen LogP contribution in [0.25, 0.3) is 0 Å². The Kier molecular flexibility index (Phi) is 3.35. The van der Waals surface area contributed by atoms with Crippen LogP contribution in [0.3, 0.4) is 0 Å². The van der Waals surface area contributed by atoms with Crippen molar-refractivity contribution in [3.05, 3.63) is 12.2 Å². The zero-order chi connectivity index (χ0) is 18.3. The van der Waals surface area contributed by atoms with Crippen molar-refractivity contribution < 1.29 is 19.4 Å². The van der Waals surface area contributed by atoms with Gasteiger partial charge in [-0.25, -0.2) is 4.79 Å². The van der Waals surface area contributed by atoms with Crippen LogP contribution in [0.2, 0.25) is 0 Å². The molecule has 3 aliphatic carbocycles. The third-order valence-electron chi connectivity index (χ3n) is 8.65. The van der Waals surface area contributed by atoms with Crippen molar-refractivity contribution in [1.29, 1.82) is 0 Å². The van der Waals surface area contributed by atoms with Crippen LogP contribution in [0, 0.1) is 28.1 Å². The van der Waals surface area contributed by atoms with Crippen LogP contribution in [-0.2, 0) is 14.3 Å². The fourth-order valence-corrected chi connectivity index (χ4v) is 7.51. The summed E-state index contributed by atoms with van der Waals surface area (Å²) in [5, 5.41) is 9.96. The summed E-state index contributed by atoms with van der Waals surface area (Å²) in [4.78, 5) is 24.7. The number of fused-ring (bicyclic) bond motifs is 3. The average molecular weight is 346 g/mol. The lowest BCUT2D eigenvalue weighted by Gasteiger charge is -2.67. The molecule has 6 atom stereocenters. The number of carboxylic acid groups (broad SMARTS) is 1. The van der Waals surface area contributed by atoms with Gasteiger partial charge in [-0.3, -0.25) is 4.79 Å². The van der Waals surface area contributed by atoms with Crippen LogP contribution in [0.5, 0.6) is 0 Å². The van der Waals surface area contributed by atoms with Gasteiger partial charge in [-0.1, -0.05) is 19.9 Å². The van der Waals surface area contributed by atoms with Gasteiger partial charge in [-0.15, -0.1) is 0 Å². The molecule has 1 saturated heterocycles. The monoisotopic (exact) mass is 346 g/mol. The summed E-state index contributed by atoms with van der Waals surface area (Å²) in [5.74, 6) is -0.359. The molecule has 138 valence electrons. The number of hydrogen-bond acceptors (Lipinski definition) is 3. The topological polar surface area (TPSA) is 63.6 Å². The van der Waals surface area contributed by atoms with Gasteiger partial charge in [0.15, 0.2) is 0 Å². The molecular weight excluding hydrogens is 316 g/mol. The Bertz CT molecular complexity index is 669. The first kappa shape index (κ1) is 17.1. The van der Waals surface area contributed by atoms with E-state index in [0.717, 1.165) is 51.4 Å². The molecule has 3 saturated carbocycles. The lowest BCUT2D eigenvalue weighted by molar-refractivity contribution is -0.213. The van der Waals surface area contributed by atoms with E-state index in [-0.39, 0.29) is 28.3 Å². The molecule has 0 aromatic heterocycles. The molecule has 0 radical (unpaired) electrons. The highest BCUT2D eigenvalue weighted by atomic mass is 16.6. The molecule has 0 aromatic carbocycles. The van der Waals surface area contributed by atoms with Crippen LogP contribution in [0.1, 0.15) is 72.1 Å². The number of esters is 1. The van der Waals surface area contributed by atoms with E-state index in [4.69, 9.17) is 4.74 Å². The molecule has 4 nitrogen and oxygen atoms in total. The molecule has 0 unspecified atom stereocenters. The fraction of sp³-hybridized carbons (Fsp3) is 0.810. The molecule has 1 aliphatic heterocycles. The average Bonchev–Trinajstić information content (AvgIpc) is 2.51. The van der Waals surface area contributed by atoms with E-state index in [9.17, 15) is 14.7 Å². The molecular formula is C21H30O4. The highest BCUT2D eigenvalue weighted by molar-refractivity contribution is 5.91. The second-order valence-corrected chi connectivity index (χ2v) is 9.92. The second kappa shape index (κ2) is 4.89. The first-order valence-electron chi connectivity index (χ1n) is 9.74. The van der Waals surface area contributed by atoms with Gasteiger partial charge >= 0.3 is 11.9 Å². The van der Waals surface area contributed by atoms with Crippen molar-refractivity contribution in [2.24, 2.45) is 28.1 Å². The lowest BCUT2D eigenvalue weighted by Crippen LogP contribution is -2.64. The van der Waals surface area contributed by atoms with Gasteiger partial charge in [-0.05, 0) is 76.0 Å². The molecule has 1 heterocycles. The second-order valence-electron chi connectivity index (χ2n) is 9.92. The van der Waals surface area contributed by atoms with Crippen molar-refractivity contribution in [1.82, 2.24) is 0 Å². The largest absolute Gasteiger partial charge is 0.481 e. The number of carbonyl (C=O) groups is 2. The van der Waals surface area contributed by atoms with E-state index in [1.54, 1.807) is 0 Å². The highest BCUT2D eigenvalue weighted by Gasteiger charge is 2.67. The predicted octanol–water partition coefficient (Wildman–Crippen LogP) is 4.34. The maximum absolute atomic E-state index is 12.5. The van der Waals surface area contributed by atoms with E-state index in [0.29, 0.717) is 11.5 Å². The minimum atomic E-state index is -0.651. The SMILES string of the molecule is C=C1C(=O)O[C@@]2(C)CC[C@@H]3[C@]1(CC[C@H]1[C@@]3(C)CCC[C@@]1(C)C(=O)O)C2. The Morgan fingerprint density at radius 3 is 2.48 bits per heavy atom. The number of hydrogen-bond donors (Lipinski definition) is 1. The van der Waals surface area contributed by atoms with Crippen molar-refractivity contribution in [2.45, 2.75) is 77.7 Å². The summed E-state index contributed by atoms with van der Waals surface area (Å²) in [6, 6.07) is 0. The normalized spacial score (nSPS) is 52.0. The van der Waals surface area contributed by atoms with Crippen molar-refractivity contribution >= 4 is 11.9 Å². The maximum Gasteiger partial charge on any atom is 0.334 e. The van der Waals surface area contributed by atoms with Gasteiger partial charge in [0.25, 0.3) is 0 Å². The molecule has 2 bridgehead atoms. The third kappa shape index (κ3) is 2.00. The van der Waals surface area contributed by atoms with E-state index >= 15 is 0 Å². The molecule has 1 spiro atoms. The van der Waals surface area contributed by atoms with Gasteiger partial charge in [0.05, 0.1) is 5.41 Å². The van der Waals surface area contributed by atoms with Crippen LogP contribution >= 0.6 is 0 Å². The van der Waals surface area contributed by atoms with E-state index < -0.39 is 11.4 Å². The maximum atomic E-state index is 12.5. The summed E-state index contributed by atoms with van der Waals surface area (Å²) in [7, 11) is 0. The molecule has 0 aromatic rings. The quantitative estimate of drug-likeness (QED) is 0.567. The Balaban J connectivity index is 1.80. The molecule has 1 N–H and O–H groups in total. The lowest BCUT2D eigenvalue weighted by atomic mass is 9.38. The molecule has 4 rings (SSSR count). The Morgan fingerprint density at radius 1 is 1.12 bits per heavy atom. The van der Waals surface area contributed by atoms with E-state index in [1.165, 1.54) is 0 Å². The molecule has 4 aliphatic rings. The summed E-state index contributed by atoms with van der Waals surface area (Å²) < 4.78 is 5.72. The number of ether oxygens (including phenoxy) is 1. The van der Waals surface area contributed by atoms with Gasteiger partial charge in [0.2, 0.25) is 0 Å². The summed E-state index contributed by atoms with van der Waals surface area (Å²) in [5.41, 5.74) is -0.596. The number of aliphatic carboxylic acids is 1. The third-order valence-corrected chi connectivity index (χ3v) is 8.65. The molecule has 0 amide bonds. The first-order valence-corrected chi connectivity index (χ1v) is 9.74. The molecule has 25 heavy (non-hydrogen) atoms. The van der Waals surface area contributed by atoms with Gasteiger partial charge < -0.3 is 9.84 Å². The smallest absolute Gasteiger partial charge is 0.334 e. The predicted molar refractivity (Wildman–Crippen MR) is 93.8 cm³/mol. The zero-order valence-corrected chi connectivity index (χ0v) is 15.7.